The summed E-state index contributed by atoms with van der Waals surface area (Å²) in [5.74, 6) is -2.67. The number of nitrogens with zero attached hydrogens (tertiary/aromatic N) is 2. The van der Waals surface area contributed by atoms with Crippen LogP contribution in [-0.4, -0.2) is 28.6 Å². The van der Waals surface area contributed by atoms with Crippen LogP contribution in [0.3, 0.4) is 0 Å². The number of halogens is 4. The molecule has 30 heavy (non-hydrogen) atoms. The fourth-order valence-corrected chi connectivity index (χ4v) is 2.35. The van der Waals surface area contributed by atoms with E-state index in [1.54, 1.807) is 0 Å². The Morgan fingerprint density at radius 1 is 1.10 bits per heavy atom. The second kappa shape index (κ2) is 8.72. The molecule has 1 amide bonds. The number of aromatic nitrogens is 2. The van der Waals surface area contributed by atoms with Crippen molar-refractivity contribution in [1.82, 2.24) is 15.5 Å². The number of carbonyl (C=O) groups is 2. The van der Waals surface area contributed by atoms with Gasteiger partial charge in [-0.05, 0) is 24.3 Å². The van der Waals surface area contributed by atoms with Gasteiger partial charge in [0.15, 0.2) is 6.61 Å². The van der Waals surface area contributed by atoms with E-state index in [0.29, 0.717) is 0 Å². The van der Waals surface area contributed by atoms with Crippen molar-refractivity contribution in [2.75, 3.05) is 6.54 Å². The molecule has 3 rings (SSSR count). The standard InChI is InChI=1S/C19H13F4N3O4/c20-14-7-2-1-6-13(14)18(28)24-9-16(27)29-10-15-25-17(26-30-15)11-4-3-5-12(8-11)19(21,22)23/h1-8H,9-10H2,(H,24,28). The van der Waals surface area contributed by atoms with Gasteiger partial charge in [0.1, 0.15) is 12.4 Å². The first-order valence-electron chi connectivity index (χ1n) is 8.42. The molecule has 0 unspecified atom stereocenters. The third-order valence-corrected chi connectivity index (χ3v) is 3.78. The molecule has 0 fully saturated rings. The first-order valence-corrected chi connectivity index (χ1v) is 8.42. The molecule has 0 radical (unpaired) electrons. The Morgan fingerprint density at radius 2 is 1.87 bits per heavy atom. The minimum atomic E-state index is -4.52. The highest BCUT2D eigenvalue weighted by atomic mass is 19.4. The van der Waals surface area contributed by atoms with Crippen LogP contribution >= 0.6 is 0 Å². The monoisotopic (exact) mass is 423 g/mol. The maximum Gasteiger partial charge on any atom is 0.416 e. The molecule has 1 heterocycles. The molecule has 3 aromatic rings. The smallest absolute Gasteiger partial charge is 0.416 e. The first-order chi connectivity index (χ1) is 14.2. The summed E-state index contributed by atoms with van der Waals surface area (Å²) in [5, 5.41) is 5.76. The molecule has 2 aromatic carbocycles. The van der Waals surface area contributed by atoms with Crippen LogP contribution in [0.1, 0.15) is 21.8 Å². The van der Waals surface area contributed by atoms with Crippen LogP contribution in [0.15, 0.2) is 53.1 Å². The van der Waals surface area contributed by atoms with Crippen molar-refractivity contribution in [2.45, 2.75) is 12.8 Å². The molecule has 1 aromatic heterocycles. The van der Waals surface area contributed by atoms with Crippen LogP contribution in [0.2, 0.25) is 0 Å². The second-order valence-corrected chi connectivity index (χ2v) is 5.91. The van der Waals surface area contributed by atoms with Crippen LogP contribution in [0.5, 0.6) is 0 Å². The van der Waals surface area contributed by atoms with Crippen molar-refractivity contribution < 1.29 is 36.4 Å². The quantitative estimate of drug-likeness (QED) is 0.483. The Balaban J connectivity index is 1.54. The first kappa shape index (κ1) is 21.0. The van der Waals surface area contributed by atoms with Crippen molar-refractivity contribution in [1.29, 1.82) is 0 Å². The van der Waals surface area contributed by atoms with Gasteiger partial charge in [-0.15, -0.1) is 0 Å². The van der Waals surface area contributed by atoms with Crippen molar-refractivity contribution >= 4 is 11.9 Å². The Morgan fingerprint density at radius 3 is 2.60 bits per heavy atom. The van der Waals surface area contributed by atoms with E-state index in [-0.39, 0.29) is 22.8 Å². The number of amides is 1. The fraction of sp³-hybridized carbons (Fsp3) is 0.158. The van der Waals surface area contributed by atoms with Crippen molar-refractivity contribution in [3.8, 4) is 11.4 Å². The van der Waals surface area contributed by atoms with E-state index >= 15 is 0 Å². The highest BCUT2D eigenvalue weighted by molar-refractivity contribution is 5.96. The molecule has 1 N–H and O–H groups in total. The molecular formula is C19H13F4N3O4. The van der Waals surface area contributed by atoms with Crippen LogP contribution in [0, 0.1) is 5.82 Å². The summed E-state index contributed by atoms with van der Waals surface area (Å²) < 4.78 is 61.6. The molecule has 0 atom stereocenters. The molecule has 0 aliphatic heterocycles. The molecule has 0 aliphatic rings. The Kier molecular flexibility index (Phi) is 6.09. The SMILES string of the molecule is O=C(CNC(=O)c1ccccc1F)OCc1nc(-c2cccc(C(F)(F)F)c2)no1. The van der Waals surface area contributed by atoms with E-state index in [9.17, 15) is 27.2 Å². The number of ether oxygens (including phenoxy) is 1. The van der Waals surface area contributed by atoms with Crippen molar-refractivity contribution in [2.24, 2.45) is 0 Å². The highest BCUT2D eigenvalue weighted by Gasteiger charge is 2.30. The van der Waals surface area contributed by atoms with Crippen LogP contribution in [0.4, 0.5) is 17.6 Å². The van der Waals surface area contributed by atoms with Gasteiger partial charge in [0.2, 0.25) is 5.82 Å². The lowest BCUT2D eigenvalue weighted by atomic mass is 10.1. The van der Waals surface area contributed by atoms with Gasteiger partial charge in [-0.25, -0.2) is 4.39 Å². The van der Waals surface area contributed by atoms with Crippen LogP contribution < -0.4 is 5.32 Å². The van der Waals surface area contributed by atoms with E-state index in [4.69, 9.17) is 9.26 Å². The molecule has 0 bridgehead atoms. The van der Waals surface area contributed by atoms with E-state index in [1.165, 1.54) is 30.3 Å². The maximum atomic E-state index is 13.5. The average Bonchev–Trinajstić information content (AvgIpc) is 3.19. The Hall–Kier alpha value is -3.76. The Labute approximate surface area is 166 Å². The zero-order valence-electron chi connectivity index (χ0n) is 15.1. The van der Waals surface area contributed by atoms with Gasteiger partial charge < -0.3 is 14.6 Å². The molecule has 0 aliphatic carbocycles. The summed E-state index contributed by atoms with van der Waals surface area (Å²) in [5.41, 5.74) is -1.03. The average molecular weight is 423 g/mol. The summed E-state index contributed by atoms with van der Waals surface area (Å²) in [7, 11) is 0. The van der Waals surface area contributed by atoms with Crippen molar-refractivity contribution in [3.63, 3.8) is 0 Å². The molecular weight excluding hydrogens is 410 g/mol. The summed E-state index contributed by atoms with van der Waals surface area (Å²) in [6.07, 6.45) is -4.52. The van der Waals surface area contributed by atoms with E-state index < -0.39 is 42.6 Å². The Bertz CT molecular complexity index is 1070. The third-order valence-electron chi connectivity index (χ3n) is 3.78. The summed E-state index contributed by atoms with van der Waals surface area (Å²) in [6.45, 7) is -0.998. The highest BCUT2D eigenvalue weighted by Crippen LogP contribution is 2.31. The molecule has 0 spiro atoms. The van der Waals surface area contributed by atoms with Crippen molar-refractivity contribution in [3.05, 3.63) is 71.4 Å². The molecule has 11 heteroatoms. The van der Waals surface area contributed by atoms with Gasteiger partial charge in [-0.3, -0.25) is 9.59 Å². The minimum absolute atomic E-state index is 0.0725. The predicted octanol–water partition coefficient (Wildman–Crippen LogP) is 3.37. The van der Waals surface area contributed by atoms with E-state index in [1.807, 2.05) is 0 Å². The number of hydrogen-bond donors (Lipinski definition) is 1. The summed E-state index contributed by atoms with van der Waals surface area (Å²) >= 11 is 0. The lowest BCUT2D eigenvalue weighted by Gasteiger charge is -2.06. The zero-order chi connectivity index (χ0) is 21.7. The second-order valence-electron chi connectivity index (χ2n) is 5.91. The largest absolute Gasteiger partial charge is 0.454 e. The fourth-order valence-electron chi connectivity index (χ4n) is 2.35. The number of alkyl halides is 3. The van der Waals surface area contributed by atoms with Crippen LogP contribution in [0.25, 0.3) is 11.4 Å². The van der Waals surface area contributed by atoms with Crippen LogP contribution in [-0.2, 0) is 22.3 Å². The normalized spacial score (nSPS) is 11.2. The number of benzene rings is 2. The third kappa shape index (κ3) is 5.19. The minimum Gasteiger partial charge on any atom is -0.454 e. The zero-order valence-corrected chi connectivity index (χ0v) is 15.1. The lowest BCUT2D eigenvalue weighted by molar-refractivity contribution is -0.144. The van der Waals surface area contributed by atoms with Gasteiger partial charge >= 0.3 is 12.1 Å². The topological polar surface area (TPSA) is 94.3 Å². The van der Waals surface area contributed by atoms with Gasteiger partial charge in [0, 0.05) is 5.56 Å². The lowest BCUT2D eigenvalue weighted by Crippen LogP contribution is -2.31. The van der Waals surface area contributed by atoms with E-state index in [0.717, 1.165) is 18.2 Å². The number of carbonyl (C=O) groups excluding carboxylic acids is 2. The summed E-state index contributed by atoms with van der Waals surface area (Å²) in [6, 6.07) is 9.57. The number of nitrogens with one attached hydrogen (secondary N) is 1. The van der Waals surface area contributed by atoms with Gasteiger partial charge in [0.25, 0.3) is 11.8 Å². The number of esters is 1. The number of rotatable bonds is 6. The molecule has 7 nitrogen and oxygen atoms in total. The molecule has 0 saturated heterocycles. The van der Waals surface area contributed by atoms with E-state index in [2.05, 4.69) is 15.5 Å². The van der Waals surface area contributed by atoms with Gasteiger partial charge in [-0.1, -0.05) is 29.4 Å². The molecule has 0 saturated carbocycles. The molecule has 156 valence electrons. The summed E-state index contributed by atoms with van der Waals surface area (Å²) in [4.78, 5) is 27.4. The van der Waals surface area contributed by atoms with Gasteiger partial charge in [-0.2, -0.15) is 18.2 Å². The maximum absolute atomic E-state index is 13.5. The number of hydrogen-bond acceptors (Lipinski definition) is 6. The van der Waals surface area contributed by atoms with Gasteiger partial charge in [0.05, 0.1) is 11.1 Å². The predicted molar refractivity (Wildman–Crippen MR) is 93.3 cm³/mol.